The van der Waals surface area contributed by atoms with Crippen LogP contribution in [0.4, 0.5) is 23.2 Å². The predicted octanol–water partition coefficient (Wildman–Crippen LogP) is 2.32. The van der Waals surface area contributed by atoms with E-state index in [4.69, 9.17) is 0 Å². The first-order valence-corrected chi connectivity index (χ1v) is 6.10. The minimum atomic E-state index is -4.42. The summed E-state index contributed by atoms with van der Waals surface area (Å²) in [4.78, 5) is 24.3. The van der Waals surface area contributed by atoms with E-state index < -0.39 is 30.3 Å². The number of Topliss-reactive ketones (excluding diaryl/α,β-unsaturated/α-hetero) is 1. The van der Waals surface area contributed by atoms with Gasteiger partial charge in [-0.15, -0.1) is 0 Å². The van der Waals surface area contributed by atoms with Gasteiger partial charge in [-0.3, -0.25) is 9.59 Å². The summed E-state index contributed by atoms with van der Waals surface area (Å²) in [5, 5.41) is 0. The van der Waals surface area contributed by atoms with Crippen molar-refractivity contribution in [2.45, 2.75) is 12.6 Å². The highest BCUT2D eigenvalue weighted by Crippen LogP contribution is 2.31. The first kappa shape index (κ1) is 15.4. The van der Waals surface area contributed by atoms with E-state index in [1.807, 2.05) is 0 Å². The first-order valence-electron chi connectivity index (χ1n) is 6.10. The second kappa shape index (κ2) is 5.80. The third-order valence-corrected chi connectivity index (χ3v) is 2.88. The number of ether oxygens (including phenoxy) is 1. The molecule has 1 amide bonds. The lowest BCUT2D eigenvalue weighted by molar-refractivity contribution is -0.173. The van der Waals surface area contributed by atoms with E-state index >= 15 is 0 Å². The Morgan fingerprint density at radius 3 is 2.57 bits per heavy atom. The van der Waals surface area contributed by atoms with E-state index in [9.17, 15) is 27.2 Å². The third-order valence-electron chi connectivity index (χ3n) is 2.88. The number of anilines is 1. The van der Waals surface area contributed by atoms with Gasteiger partial charge in [-0.25, -0.2) is 4.39 Å². The second-order valence-electron chi connectivity index (χ2n) is 4.44. The van der Waals surface area contributed by atoms with Crippen molar-refractivity contribution in [3.63, 3.8) is 0 Å². The van der Waals surface area contributed by atoms with E-state index in [1.165, 1.54) is 12.1 Å². The number of carbonyl (C=O) groups is 2. The van der Waals surface area contributed by atoms with Gasteiger partial charge in [0.05, 0.1) is 11.3 Å². The average molecular weight is 305 g/mol. The summed E-state index contributed by atoms with van der Waals surface area (Å²) in [6, 6.07) is 3.76. The number of hydrogen-bond donors (Lipinski definition) is 0. The standard InChI is InChI=1S/C13H11F4NO3/c14-9-4-1-3-8-10(9)18(12(20)11(8)19)5-2-6-21-7-13(15,16)17/h1,3-4H,2,5-7H2. The molecule has 0 unspecified atom stereocenters. The molecule has 1 aromatic carbocycles. The van der Waals surface area contributed by atoms with Gasteiger partial charge in [0, 0.05) is 13.2 Å². The number of para-hydroxylation sites is 1. The van der Waals surface area contributed by atoms with Gasteiger partial charge in [0.15, 0.2) is 0 Å². The molecule has 0 bridgehead atoms. The molecule has 1 aliphatic rings. The maximum Gasteiger partial charge on any atom is 0.411 e. The van der Waals surface area contributed by atoms with Crippen LogP contribution in [0, 0.1) is 5.82 Å². The van der Waals surface area contributed by atoms with Crippen LogP contribution in [-0.2, 0) is 9.53 Å². The van der Waals surface area contributed by atoms with Gasteiger partial charge in [-0.1, -0.05) is 6.07 Å². The number of carbonyl (C=O) groups excluding carboxylic acids is 2. The molecule has 0 atom stereocenters. The Balaban J connectivity index is 1.96. The molecular formula is C13H11F4NO3. The van der Waals surface area contributed by atoms with Gasteiger partial charge in [-0.05, 0) is 18.6 Å². The van der Waals surface area contributed by atoms with Crippen molar-refractivity contribution in [2.24, 2.45) is 0 Å². The monoisotopic (exact) mass is 305 g/mol. The van der Waals surface area contributed by atoms with Gasteiger partial charge in [-0.2, -0.15) is 13.2 Å². The number of benzene rings is 1. The van der Waals surface area contributed by atoms with Crippen LogP contribution < -0.4 is 4.90 Å². The number of alkyl halides is 3. The molecule has 0 aliphatic carbocycles. The lowest BCUT2D eigenvalue weighted by Gasteiger charge is -2.17. The normalized spacial score (nSPS) is 14.8. The molecule has 8 heteroatoms. The minimum absolute atomic E-state index is 0.0313. The highest BCUT2D eigenvalue weighted by Gasteiger charge is 2.37. The van der Waals surface area contributed by atoms with Crippen molar-refractivity contribution in [1.82, 2.24) is 0 Å². The second-order valence-corrected chi connectivity index (χ2v) is 4.44. The summed E-state index contributed by atoms with van der Waals surface area (Å²) in [6.45, 7) is -1.72. The third kappa shape index (κ3) is 3.38. The Morgan fingerprint density at radius 2 is 1.90 bits per heavy atom. The van der Waals surface area contributed by atoms with E-state index in [0.717, 1.165) is 11.0 Å². The highest BCUT2D eigenvalue weighted by molar-refractivity contribution is 6.52. The van der Waals surface area contributed by atoms with Crippen LogP contribution in [0.1, 0.15) is 16.8 Å². The van der Waals surface area contributed by atoms with Crippen molar-refractivity contribution in [3.05, 3.63) is 29.6 Å². The largest absolute Gasteiger partial charge is 0.411 e. The molecular weight excluding hydrogens is 294 g/mol. The molecule has 0 N–H and O–H groups in total. The van der Waals surface area contributed by atoms with Crippen LogP contribution >= 0.6 is 0 Å². The summed E-state index contributed by atoms with van der Waals surface area (Å²) in [7, 11) is 0. The fraction of sp³-hybridized carbons (Fsp3) is 0.385. The molecule has 114 valence electrons. The van der Waals surface area contributed by atoms with Crippen LogP contribution in [0.3, 0.4) is 0 Å². The Morgan fingerprint density at radius 1 is 1.19 bits per heavy atom. The zero-order valence-corrected chi connectivity index (χ0v) is 10.7. The van der Waals surface area contributed by atoms with E-state index in [2.05, 4.69) is 4.74 Å². The topological polar surface area (TPSA) is 46.6 Å². The Kier molecular flexibility index (Phi) is 4.26. The Labute approximate surface area is 117 Å². The zero-order chi connectivity index (χ0) is 15.6. The van der Waals surface area contributed by atoms with Crippen molar-refractivity contribution in [1.29, 1.82) is 0 Å². The van der Waals surface area contributed by atoms with Crippen molar-refractivity contribution >= 4 is 17.4 Å². The molecule has 0 radical (unpaired) electrons. The molecule has 21 heavy (non-hydrogen) atoms. The van der Waals surface area contributed by atoms with Crippen LogP contribution in [0.15, 0.2) is 18.2 Å². The Hall–Kier alpha value is -1.96. The summed E-state index contributed by atoms with van der Waals surface area (Å²) in [6.07, 6.45) is -4.36. The molecule has 1 aromatic rings. The van der Waals surface area contributed by atoms with Gasteiger partial charge >= 0.3 is 6.18 Å². The zero-order valence-electron chi connectivity index (χ0n) is 10.7. The number of halogens is 4. The van der Waals surface area contributed by atoms with Crippen molar-refractivity contribution < 1.29 is 31.9 Å². The molecule has 1 aliphatic heterocycles. The first-order chi connectivity index (χ1) is 9.81. The summed E-state index contributed by atoms with van der Waals surface area (Å²) in [5.74, 6) is -2.42. The van der Waals surface area contributed by atoms with E-state index in [1.54, 1.807) is 0 Å². The molecule has 0 saturated heterocycles. The molecule has 2 rings (SSSR count). The van der Waals surface area contributed by atoms with Crippen LogP contribution in [0.25, 0.3) is 0 Å². The molecule has 1 heterocycles. The van der Waals surface area contributed by atoms with Gasteiger partial charge in [0.25, 0.3) is 11.7 Å². The highest BCUT2D eigenvalue weighted by atomic mass is 19.4. The van der Waals surface area contributed by atoms with Gasteiger partial charge < -0.3 is 9.64 Å². The lowest BCUT2D eigenvalue weighted by Crippen LogP contribution is -2.32. The maximum atomic E-state index is 13.7. The van der Waals surface area contributed by atoms with Crippen molar-refractivity contribution in [2.75, 3.05) is 24.7 Å². The molecule has 0 aromatic heterocycles. The fourth-order valence-corrected chi connectivity index (χ4v) is 2.04. The van der Waals surface area contributed by atoms with Crippen LogP contribution in [0.5, 0.6) is 0 Å². The average Bonchev–Trinajstić information content (AvgIpc) is 2.63. The summed E-state index contributed by atoms with van der Waals surface area (Å²) in [5.41, 5.74) is -0.153. The SMILES string of the molecule is O=C1C(=O)N(CCCOCC(F)(F)F)c2c(F)cccc21. The molecule has 0 fully saturated rings. The molecule has 4 nitrogen and oxygen atoms in total. The number of fused-ring (bicyclic) bond motifs is 1. The van der Waals surface area contributed by atoms with Gasteiger partial charge in [0.1, 0.15) is 12.4 Å². The van der Waals surface area contributed by atoms with Crippen LogP contribution in [-0.4, -0.2) is 37.6 Å². The lowest BCUT2D eigenvalue weighted by atomic mass is 10.1. The number of hydrogen-bond acceptors (Lipinski definition) is 3. The van der Waals surface area contributed by atoms with E-state index in [0.29, 0.717) is 0 Å². The quantitative estimate of drug-likeness (QED) is 0.476. The van der Waals surface area contributed by atoms with Crippen LogP contribution in [0.2, 0.25) is 0 Å². The molecule has 0 saturated carbocycles. The minimum Gasteiger partial charge on any atom is -0.372 e. The fourth-order valence-electron chi connectivity index (χ4n) is 2.04. The number of ketones is 1. The number of nitrogens with zero attached hydrogens (tertiary/aromatic N) is 1. The van der Waals surface area contributed by atoms with Gasteiger partial charge in [0.2, 0.25) is 0 Å². The Bertz CT molecular complexity index is 571. The van der Waals surface area contributed by atoms with Crippen molar-refractivity contribution in [3.8, 4) is 0 Å². The number of rotatable bonds is 5. The summed E-state index contributed by atoms with van der Waals surface area (Å²) < 4.78 is 53.7. The number of amides is 1. The maximum absolute atomic E-state index is 13.7. The smallest absolute Gasteiger partial charge is 0.372 e. The summed E-state index contributed by atoms with van der Waals surface area (Å²) >= 11 is 0. The molecule has 0 spiro atoms. The van der Waals surface area contributed by atoms with E-state index in [-0.39, 0.29) is 30.8 Å². The predicted molar refractivity (Wildman–Crippen MR) is 64.6 cm³/mol.